The molecule has 3 unspecified atom stereocenters. The van der Waals surface area contributed by atoms with Gasteiger partial charge < -0.3 is 19.8 Å². The van der Waals surface area contributed by atoms with E-state index in [0.29, 0.717) is 23.9 Å². The van der Waals surface area contributed by atoms with Crippen molar-refractivity contribution in [2.75, 3.05) is 40.9 Å². The lowest BCUT2D eigenvalue weighted by atomic mass is 10.0. The Morgan fingerprint density at radius 2 is 0.774 bits per heavy atom. The van der Waals surface area contributed by atoms with Gasteiger partial charge in [0, 0.05) is 6.42 Å². The van der Waals surface area contributed by atoms with E-state index >= 15 is 0 Å². The zero-order valence-electron chi connectivity index (χ0n) is 42.4. The molecule has 0 bridgehead atoms. The molecule has 0 fully saturated rings. The molecule has 0 aliphatic heterocycles. The number of carbonyl (C=O) groups is 1. The number of rotatable bonds is 51. The Kier molecular flexibility index (Phi) is 45.3. The van der Waals surface area contributed by atoms with Gasteiger partial charge >= 0.3 is 7.82 Å². The lowest BCUT2D eigenvalue weighted by molar-refractivity contribution is -0.870. The van der Waals surface area contributed by atoms with Gasteiger partial charge in [-0.15, -0.1) is 0 Å². The number of nitrogens with zero attached hydrogens (tertiary/aromatic N) is 1. The van der Waals surface area contributed by atoms with E-state index in [1.165, 1.54) is 218 Å². The number of nitrogens with one attached hydrogen (secondary N) is 1. The van der Waals surface area contributed by atoms with Crippen LogP contribution in [-0.2, 0) is 18.4 Å². The fourth-order valence-corrected chi connectivity index (χ4v) is 9.26. The summed E-state index contributed by atoms with van der Waals surface area (Å²) in [5.74, 6) is -0.141. The summed E-state index contributed by atoms with van der Waals surface area (Å²) in [5.41, 5.74) is 0. The summed E-state index contributed by atoms with van der Waals surface area (Å²) in [6.07, 6.45) is 53.1. The second-order valence-electron chi connectivity index (χ2n) is 20.3. The zero-order chi connectivity index (χ0) is 45.7. The molecule has 9 heteroatoms. The molecule has 0 aromatic heterocycles. The van der Waals surface area contributed by atoms with Gasteiger partial charge in [-0.2, -0.15) is 0 Å². The van der Waals surface area contributed by atoms with Crippen molar-refractivity contribution >= 4 is 13.7 Å². The van der Waals surface area contributed by atoms with Gasteiger partial charge in [0.2, 0.25) is 5.91 Å². The number of phosphoric acid groups is 1. The minimum absolute atomic E-state index is 0.0787. The van der Waals surface area contributed by atoms with E-state index in [0.717, 1.165) is 38.5 Å². The first kappa shape index (κ1) is 61.5. The van der Waals surface area contributed by atoms with E-state index in [-0.39, 0.29) is 19.1 Å². The van der Waals surface area contributed by atoms with Crippen LogP contribution in [0.25, 0.3) is 0 Å². The molecule has 0 spiro atoms. The Morgan fingerprint density at radius 3 is 1.08 bits per heavy atom. The molecular formula is C53H110N2O6P+. The van der Waals surface area contributed by atoms with Crippen LogP contribution >= 0.6 is 7.82 Å². The van der Waals surface area contributed by atoms with Gasteiger partial charge in [-0.25, -0.2) is 4.57 Å². The molecule has 0 rings (SSSR count). The predicted octanol–water partition coefficient (Wildman–Crippen LogP) is 16.1. The second kappa shape index (κ2) is 45.6. The SMILES string of the molecule is CCCCCCCCCCCCCCCCCCCCCCCCCCCCCCCC(O)C(COP(=O)(O)OCC[N+](C)(C)C)NC(=O)CCCCCCCCCCCCC. The number of unbranched alkanes of at least 4 members (excludes halogenated alkanes) is 38. The summed E-state index contributed by atoms with van der Waals surface area (Å²) in [5, 5.41) is 14.0. The van der Waals surface area contributed by atoms with Crippen LogP contribution in [0.15, 0.2) is 0 Å². The average molecular weight is 902 g/mol. The normalized spacial score (nSPS) is 14.0. The number of likely N-dealkylation sites (N-methyl/N-ethyl adjacent to an activating group) is 1. The number of hydrogen-bond acceptors (Lipinski definition) is 5. The van der Waals surface area contributed by atoms with Crippen LogP contribution < -0.4 is 5.32 Å². The van der Waals surface area contributed by atoms with Crippen molar-refractivity contribution < 1.29 is 32.9 Å². The molecule has 0 aliphatic carbocycles. The van der Waals surface area contributed by atoms with E-state index in [1.54, 1.807) is 0 Å². The highest BCUT2D eigenvalue weighted by atomic mass is 31.2. The summed E-state index contributed by atoms with van der Waals surface area (Å²) in [7, 11) is 1.63. The molecule has 62 heavy (non-hydrogen) atoms. The lowest BCUT2D eigenvalue weighted by Crippen LogP contribution is -2.46. The summed E-state index contributed by atoms with van der Waals surface area (Å²) in [6.45, 7) is 4.92. The van der Waals surface area contributed by atoms with Crippen molar-refractivity contribution in [1.82, 2.24) is 5.32 Å². The largest absolute Gasteiger partial charge is 0.472 e. The second-order valence-corrected chi connectivity index (χ2v) is 21.8. The third kappa shape index (κ3) is 47.5. The van der Waals surface area contributed by atoms with Gasteiger partial charge in [0.1, 0.15) is 13.2 Å². The molecule has 3 N–H and O–H groups in total. The molecular weight excluding hydrogens is 792 g/mol. The van der Waals surface area contributed by atoms with Crippen molar-refractivity contribution in [2.45, 2.75) is 296 Å². The van der Waals surface area contributed by atoms with Gasteiger partial charge in [-0.3, -0.25) is 13.8 Å². The smallest absolute Gasteiger partial charge is 0.391 e. The molecule has 372 valence electrons. The van der Waals surface area contributed by atoms with Crippen molar-refractivity contribution in [3.05, 3.63) is 0 Å². The summed E-state index contributed by atoms with van der Waals surface area (Å²) >= 11 is 0. The fraction of sp³-hybridized carbons (Fsp3) is 0.981. The minimum atomic E-state index is -4.31. The quantitative estimate of drug-likeness (QED) is 0.0319. The van der Waals surface area contributed by atoms with Crippen LogP contribution in [-0.4, -0.2) is 73.4 Å². The monoisotopic (exact) mass is 902 g/mol. The molecule has 0 aromatic rings. The standard InChI is InChI=1S/C53H109N2O6P/c1-6-8-10-12-14-16-18-19-20-21-22-23-24-25-26-27-28-29-30-31-32-33-34-35-37-38-40-42-44-46-52(56)51(50-61-62(58,59)60-49-48-55(3,4)5)54-53(57)47-45-43-41-39-36-17-15-13-11-9-7-2/h51-52,56H,6-50H2,1-5H3,(H-,54,57,58,59)/p+1. The van der Waals surface area contributed by atoms with Crippen LogP contribution in [0.2, 0.25) is 0 Å². The number of hydrogen-bond donors (Lipinski definition) is 3. The number of quaternary nitrogens is 1. The van der Waals surface area contributed by atoms with E-state index in [2.05, 4.69) is 19.2 Å². The number of amides is 1. The van der Waals surface area contributed by atoms with Gasteiger partial charge in [-0.05, 0) is 12.8 Å². The van der Waals surface area contributed by atoms with E-state index in [1.807, 2.05) is 21.1 Å². The molecule has 0 saturated carbocycles. The summed E-state index contributed by atoms with van der Waals surface area (Å²) in [4.78, 5) is 23.2. The van der Waals surface area contributed by atoms with Gasteiger partial charge in [0.05, 0.1) is 39.9 Å². The van der Waals surface area contributed by atoms with Gasteiger partial charge in [0.15, 0.2) is 0 Å². The molecule has 0 aliphatic rings. The maximum atomic E-state index is 12.9. The molecule has 0 radical (unpaired) electrons. The number of aliphatic hydroxyl groups excluding tert-OH is 1. The van der Waals surface area contributed by atoms with E-state index in [4.69, 9.17) is 9.05 Å². The molecule has 3 atom stereocenters. The van der Waals surface area contributed by atoms with Crippen LogP contribution in [0, 0.1) is 0 Å². The van der Waals surface area contributed by atoms with Crippen LogP contribution in [0.4, 0.5) is 0 Å². The number of aliphatic hydroxyl groups is 1. The lowest BCUT2D eigenvalue weighted by Gasteiger charge is -2.26. The van der Waals surface area contributed by atoms with Crippen LogP contribution in [0.3, 0.4) is 0 Å². The maximum Gasteiger partial charge on any atom is 0.472 e. The first-order valence-corrected chi connectivity index (χ1v) is 28.9. The Labute approximate surface area is 387 Å². The zero-order valence-corrected chi connectivity index (χ0v) is 43.3. The van der Waals surface area contributed by atoms with Crippen molar-refractivity contribution in [2.24, 2.45) is 0 Å². The Morgan fingerprint density at radius 1 is 0.484 bits per heavy atom. The Balaban J connectivity index is 4.00. The first-order chi connectivity index (χ1) is 30.0. The minimum Gasteiger partial charge on any atom is -0.391 e. The van der Waals surface area contributed by atoms with Gasteiger partial charge in [-0.1, -0.05) is 264 Å². The van der Waals surface area contributed by atoms with Crippen molar-refractivity contribution in [1.29, 1.82) is 0 Å². The van der Waals surface area contributed by atoms with Crippen molar-refractivity contribution in [3.8, 4) is 0 Å². The van der Waals surface area contributed by atoms with Crippen LogP contribution in [0.5, 0.6) is 0 Å². The summed E-state index contributed by atoms with van der Waals surface area (Å²) in [6, 6.07) is -0.753. The predicted molar refractivity (Wildman–Crippen MR) is 268 cm³/mol. The molecule has 8 nitrogen and oxygen atoms in total. The highest BCUT2D eigenvalue weighted by Crippen LogP contribution is 2.43. The number of phosphoric ester groups is 1. The topological polar surface area (TPSA) is 105 Å². The highest BCUT2D eigenvalue weighted by molar-refractivity contribution is 7.47. The van der Waals surface area contributed by atoms with Crippen LogP contribution in [0.1, 0.15) is 284 Å². The summed E-state index contributed by atoms with van der Waals surface area (Å²) < 4.78 is 23.7. The molecule has 0 saturated heterocycles. The first-order valence-electron chi connectivity index (χ1n) is 27.4. The fourth-order valence-electron chi connectivity index (χ4n) is 8.52. The Hall–Kier alpha value is -0.500. The van der Waals surface area contributed by atoms with E-state index < -0.39 is 20.0 Å². The maximum absolute atomic E-state index is 12.9. The third-order valence-electron chi connectivity index (χ3n) is 12.9. The molecule has 0 heterocycles. The molecule has 0 aromatic carbocycles. The highest BCUT2D eigenvalue weighted by Gasteiger charge is 2.28. The Bertz CT molecular complexity index is 978. The average Bonchev–Trinajstić information content (AvgIpc) is 3.23. The van der Waals surface area contributed by atoms with Crippen molar-refractivity contribution in [3.63, 3.8) is 0 Å². The third-order valence-corrected chi connectivity index (χ3v) is 13.8. The van der Waals surface area contributed by atoms with Gasteiger partial charge in [0.25, 0.3) is 0 Å². The van der Waals surface area contributed by atoms with E-state index in [9.17, 15) is 19.4 Å². The number of carbonyl (C=O) groups excluding carboxylic acids is 1. The molecule has 1 amide bonds.